The zero-order valence-corrected chi connectivity index (χ0v) is 35.2. The SMILES string of the molecule is C[C@H](/C=C\C(O[Si](C)(C)C(C)(C)C)[C@H]1OC(C)(C)O[C@H]1CCOC(=O)C(C)(C)C)[C@H](C)O[Si](c1ccccc1)(c1ccccc1)C(C)(C)C. The lowest BCUT2D eigenvalue weighted by atomic mass is 9.97. The van der Waals surface area contributed by atoms with Crippen molar-refractivity contribution in [3.63, 3.8) is 0 Å². The molecule has 5 atom stereocenters. The van der Waals surface area contributed by atoms with E-state index >= 15 is 0 Å². The maximum absolute atomic E-state index is 12.5. The first-order chi connectivity index (χ1) is 22.4. The maximum Gasteiger partial charge on any atom is 0.311 e. The average molecular weight is 711 g/mol. The molecule has 0 radical (unpaired) electrons. The summed E-state index contributed by atoms with van der Waals surface area (Å²) < 4.78 is 33.3. The fourth-order valence-corrected chi connectivity index (χ4v) is 12.1. The predicted octanol–water partition coefficient (Wildman–Crippen LogP) is 9.03. The molecule has 2 aromatic rings. The number of carbonyl (C=O) groups is 1. The van der Waals surface area contributed by atoms with Gasteiger partial charge in [0.2, 0.25) is 0 Å². The second-order valence-electron chi connectivity index (χ2n) is 17.9. The third-order valence-corrected chi connectivity index (χ3v) is 19.8. The molecular formula is C41H66O6Si2. The fraction of sp³-hybridized carbons (Fsp3) is 0.634. The molecule has 1 fully saturated rings. The van der Waals surface area contributed by atoms with Gasteiger partial charge in [-0.2, -0.15) is 0 Å². The minimum atomic E-state index is -2.73. The molecule has 6 nitrogen and oxygen atoms in total. The van der Waals surface area contributed by atoms with E-state index in [-0.39, 0.29) is 53.0 Å². The molecule has 1 aliphatic rings. The molecule has 1 heterocycles. The summed E-state index contributed by atoms with van der Waals surface area (Å²) >= 11 is 0. The van der Waals surface area contributed by atoms with E-state index in [9.17, 15) is 4.79 Å². The van der Waals surface area contributed by atoms with E-state index in [1.165, 1.54) is 10.4 Å². The number of benzene rings is 2. The molecule has 1 aliphatic heterocycles. The van der Waals surface area contributed by atoms with Gasteiger partial charge >= 0.3 is 5.97 Å². The summed E-state index contributed by atoms with van der Waals surface area (Å²) in [6.45, 7) is 32.4. The average Bonchev–Trinajstić information content (AvgIpc) is 3.30. The lowest BCUT2D eigenvalue weighted by Crippen LogP contribution is -2.67. The predicted molar refractivity (Wildman–Crippen MR) is 207 cm³/mol. The number of hydrogen-bond acceptors (Lipinski definition) is 6. The number of ether oxygens (including phenoxy) is 3. The van der Waals surface area contributed by atoms with Gasteiger partial charge in [0.15, 0.2) is 14.1 Å². The van der Waals surface area contributed by atoms with Gasteiger partial charge in [0.05, 0.1) is 24.2 Å². The Morgan fingerprint density at radius 1 is 0.796 bits per heavy atom. The number of hydrogen-bond donors (Lipinski definition) is 0. The summed E-state index contributed by atoms with van der Waals surface area (Å²) in [6.07, 6.45) is 3.84. The van der Waals surface area contributed by atoms with Crippen LogP contribution in [-0.4, -0.2) is 59.4 Å². The van der Waals surface area contributed by atoms with Crippen LogP contribution in [0.5, 0.6) is 0 Å². The van der Waals surface area contributed by atoms with Crippen molar-refractivity contribution >= 4 is 33.0 Å². The maximum atomic E-state index is 12.5. The minimum Gasteiger partial charge on any atom is -0.465 e. The van der Waals surface area contributed by atoms with Gasteiger partial charge in [-0.15, -0.1) is 0 Å². The van der Waals surface area contributed by atoms with Gasteiger partial charge in [-0.25, -0.2) is 0 Å². The summed E-state index contributed by atoms with van der Waals surface area (Å²) in [6, 6.07) is 21.6. The molecule has 0 N–H and O–H groups in total. The summed E-state index contributed by atoms with van der Waals surface area (Å²) in [5.74, 6) is -0.939. The Morgan fingerprint density at radius 3 is 1.76 bits per heavy atom. The molecule has 0 saturated carbocycles. The zero-order chi connectivity index (χ0) is 37.1. The van der Waals surface area contributed by atoms with E-state index in [4.69, 9.17) is 23.1 Å². The first-order valence-corrected chi connectivity index (χ1v) is 22.9. The Morgan fingerprint density at radius 2 is 1.31 bits per heavy atom. The smallest absolute Gasteiger partial charge is 0.311 e. The Bertz CT molecular complexity index is 1330. The highest BCUT2D eigenvalue weighted by Crippen LogP contribution is 2.41. The van der Waals surface area contributed by atoms with Gasteiger partial charge in [0.1, 0.15) is 6.10 Å². The summed E-state index contributed by atoms with van der Waals surface area (Å²) in [5.41, 5.74) is -0.564. The van der Waals surface area contributed by atoms with E-state index in [1.807, 2.05) is 34.6 Å². The van der Waals surface area contributed by atoms with E-state index in [0.717, 1.165) is 0 Å². The van der Waals surface area contributed by atoms with Crippen LogP contribution in [0.4, 0.5) is 0 Å². The molecule has 2 aromatic carbocycles. The van der Waals surface area contributed by atoms with Crippen molar-refractivity contribution in [2.24, 2.45) is 11.3 Å². The van der Waals surface area contributed by atoms with Crippen LogP contribution in [0.3, 0.4) is 0 Å². The molecule has 0 amide bonds. The molecule has 3 rings (SSSR count). The van der Waals surface area contributed by atoms with E-state index in [1.54, 1.807) is 0 Å². The van der Waals surface area contributed by atoms with E-state index in [2.05, 4.69) is 141 Å². The van der Waals surface area contributed by atoms with Crippen molar-refractivity contribution < 1.29 is 27.9 Å². The fourth-order valence-electron chi connectivity index (χ4n) is 6.10. The van der Waals surface area contributed by atoms with Crippen LogP contribution in [0.25, 0.3) is 0 Å². The van der Waals surface area contributed by atoms with E-state index in [0.29, 0.717) is 6.42 Å². The Labute approximate surface area is 300 Å². The number of esters is 1. The molecule has 8 heteroatoms. The molecule has 0 spiro atoms. The molecule has 0 aliphatic carbocycles. The van der Waals surface area contributed by atoms with Crippen molar-refractivity contribution in [3.8, 4) is 0 Å². The molecule has 49 heavy (non-hydrogen) atoms. The van der Waals surface area contributed by atoms with Crippen molar-refractivity contribution in [1.82, 2.24) is 0 Å². The van der Waals surface area contributed by atoms with Crippen molar-refractivity contribution in [2.75, 3.05) is 6.61 Å². The molecule has 1 unspecified atom stereocenters. The molecular weight excluding hydrogens is 645 g/mol. The molecule has 274 valence electrons. The first-order valence-electron chi connectivity index (χ1n) is 18.1. The Balaban J connectivity index is 1.97. The Kier molecular flexibility index (Phi) is 13.2. The van der Waals surface area contributed by atoms with Crippen LogP contribution < -0.4 is 10.4 Å². The largest absolute Gasteiger partial charge is 0.465 e. The van der Waals surface area contributed by atoms with Crippen molar-refractivity contribution in [2.45, 2.75) is 150 Å². The van der Waals surface area contributed by atoms with Gasteiger partial charge in [0, 0.05) is 12.5 Å². The third kappa shape index (κ3) is 10.3. The van der Waals surface area contributed by atoms with Gasteiger partial charge in [-0.05, 0) is 81.0 Å². The summed E-state index contributed by atoms with van der Waals surface area (Å²) in [7, 11) is -4.96. The lowest BCUT2D eigenvalue weighted by molar-refractivity contribution is -0.157. The van der Waals surface area contributed by atoms with Gasteiger partial charge < -0.3 is 23.1 Å². The third-order valence-electron chi connectivity index (χ3n) is 10.2. The van der Waals surface area contributed by atoms with Crippen LogP contribution in [0.1, 0.15) is 96.4 Å². The topological polar surface area (TPSA) is 63.2 Å². The molecule has 0 aromatic heterocycles. The molecule has 1 saturated heterocycles. The second kappa shape index (κ2) is 15.7. The quantitative estimate of drug-likeness (QED) is 0.118. The first kappa shape index (κ1) is 41.3. The second-order valence-corrected chi connectivity index (χ2v) is 26.9. The van der Waals surface area contributed by atoms with Crippen LogP contribution >= 0.6 is 0 Å². The van der Waals surface area contributed by atoms with Crippen LogP contribution in [0.2, 0.25) is 23.2 Å². The Hall–Kier alpha value is -2.08. The van der Waals surface area contributed by atoms with Gasteiger partial charge in [0.25, 0.3) is 8.32 Å². The lowest BCUT2D eigenvalue weighted by Gasteiger charge is -2.45. The monoisotopic (exact) mass is 710 g/mol. The highest BCUT2D eigenvalue weighted by molar-refractivity contribution is 6.99. The van der Waals surface area contributed by atoms with E-state index < -0.39 is 27.8 Å². The summed E-state index contributed by atoms with van der Waals surface area (Å²) in [4.78, 5) is 12.5. The van der Waals surface area contributed by atoms with Gasteiger partial charge in [-0.1, -0.05) is 121 Å². The van der Waals surface area contributed by atoms with Crippen LogP contribution in [-0.2, 0) is 27.9 Å². The standard InChI is InChI=1S/C41H66O6Si2/c1-30(31(2)46-49(40(9,10)11,32-22-18-16-19-23-32)33-24-20-17-21-25-33)26-27-35(47-48(14,15)39(6,7)8)36-34(44-41(12,13)45-36)28-29-43-37(42)38(3,4)5/h16-27,30-31,34-36H,28-29H2,1-15H3/b27-26-/t30-,31+,34+,35?,36+/m1/s1. The van der Waals surface area contributed by atoms with Crippen LogP contribution in [0.15, 0.2) is 72.8 Å². The van der Waals surface area contributed by atoms with Crippen molar-refractivity contribution in [3.05, 3.63) is 72.8 Å². The highest BCUT2D eigenvalue weighted by Gasteiger charge is 2.52. The number of rotatable bonds is 13. The summed E-state index contributed by atoms with van der Waals surface area (Å²) in [5, 5.41) is 2.41. The van der Waals surface area contributed by atoms with Gasteiger partial charge in [-0.3, -0.25) is 4.79 Å². The van der Waals surface area contributed by atoms with Crippen LogP contribution in [0, 0.1) is 11.3 Å². The zero-order valence-electron chi connectivity index (χ0n) is 33.2. The minimum absolute atomic E-state index is 0.00287. The molecule has 0 bridgehead atoms. The van der Waals surface area contributed by atoms with Crippen molar-refractivity contribution in [1.29, 1.82) is 0 Å². The highest BCUT2D eigenvalue weighted by atomic mass is 28.4. The normalized spacial score (nSPS) is 21.0. The number of carbonyl (C=O) groups excluding carboxylic acids is 1.